The van der Waals surface area contributed by atoms with Gasteiger partial charge in [0.25, 0.3) is 0 Å². The van der Waals surface area contributed by atoms with Crippen LogP contribution in [0.2, 0.25) is 0 Å². The van der Waals surface area contributed by atoms with Crippen LogP contribution in [-0.2, 0) is 16.9 Å². The molecule has 18 heavy (non-hydrogen) atoms. The molecule has 1 heterocycles. The molecule has 1 aromatic carbocycles. The van der Waals surface area contributed by atoms with E-state index in [4.69, 9.17) is 4.74 Å². The molecule has 0 radical (unpaired) electrons. The van der Waals surface area contributed by atoms with Crippen molar-refractivity contribution < 1.29 is 4.74 Å². The van der Waals surface area contributed by atoms with Crippen LogP contribution in [0.15, 0.2) is 24.3 Å². The van der Waals surface area contributed by atoms with E-state index in [1.165, 1.54) is 36.8 Å². The lowest BCUT2D eigenvalue weighted by Gasteiger charge is -2.30. The Bertz CT molecular complexity index is 381. The number of ether oxygens (including phenoxy) is 1. The Morgan fingerprint density at radius 3 is 2.72 bits per heavy atom. The number of hydrogen-bond donors (Lipinski definition) is 0. The van der Waals surface area contributed by atoms with Gasteiger partial charge in [-0.05, 0) is 36.3 Å². The molecule has 0 N–H and O–H groups in total. The van der Waals surface area contributed by atoms with E-state index >= 15 is 0 Å². The summed E-state index contributed by atoms with van der Waals surface area (Å²) in [6.07, 6.45) is 6.05. The van der Waals surface area contributed by atoms with Crippen LogP contribution in [0.3, 0.4) is 0 Å². The topological polar surface area (TPSA) is 9.23 Å². The van der Waals surface area contributed by atoms with Crippen LogP contribution >= 0.6 is 0 Å². The van der Waals surface area contributed by atoms with E-state index < -0.39 is 0 Å². The van der Waals surface area contributed by atoms with Crippen LogP contribution in [0.5, 0.6) is 0 Å². The monoisotopic (exact) mass is 246 g/mol. The van der Waals surface area contributed by atoms with E-state index in [1.807, 2.05) is 0 Å². The van der Waals surface area contributed by atoms with Crippen LogP contribution in [0.25, 0.3) is 0 Å². The highest BCUT2D eigenvalue weighted by Gasteiger charge is 2.38. The summed E-state index contributed by atoms with van der Waals surface area (Å²) in [4.78, 5) is 0. The Labute approximate surface area is 112 Å². The molecule has 0 aliphatic carbocycles. The Morgan fingerprint density at radius 2 is 2.00 bits per heavy atom. The highest BCUT2D eigenvalue weighted by atomic mass is 16.5. The van der Waals surface area contributed by atoms with E-state index in [-0.39, 0.29) is 5.60 Å². The van der Waals surface area contributed by atoms with Gasteiger partial charge < -0.3 is 4.74 Å². The van der Waals surface area contributed by atoms with Crippen molar-refractivity contribution in [2.45, 2.75) is 65.1 Å². The molecule has 2 unspecified atom stereocenters. The Kier molecular flexibility index (Phi) is 4.45. The van der Waals surface area contributed by atoms with Gasteiger partial charge in [-0.25, -0.2) is 0 Å². The van der Waals surface area contributed by atoms with Gasteiger partial charge in [0.15, 0.2) is 0 Å². The Hall–Kier alpha value is -0.820. The van der Waals surface area contributed by atoms with E-state index in [1.54, 1.807) is 0 Å². The fourth-order valence-corrected chi connectivity index (χ4v) is 3.01. The van der Waals surface area contributed by atoms with Gasteiger partial charge in [0, 0.05) is 0 Å². The summed E-state index contributed by atoms with van der Waals surface area (Å²) in [5.74, 6) is 0.801. The predicted octanol–water partition coefficient (Wildman–Crippen LogP) is 5.04. The SMILES string of the molecule is CCCC1(CCC(C)CC)OCc2ccccc21. The number of benzene rings is 1. The third kappa shape index (κ3) is 2.61. The maximum Gasteiger partial charge on any atom is 0.0939 e. The minimum Gasteiger partial charge on any atom is -0.366 e. The molecule has 0 bridgehead atoms. The van der Waals surface area contributed by atoms with Crippen molar-refractivity contribution in [1.29, 1.82) is 0 Å². The van der Waals surface area contributed by atoms with E-state index in [2.05, 4.69) is 45.0 Å². The van der Waals surface area contributed by atoms with Crippen molar-refractivity contribution >= 4 is 0 Å². The minimum atomic E-state index is 0.00870. The standard InChI is InChI=1S/C17H26O/c1-4-11-17(12-10-14(3)5-2)16-9-7-6-8-15(16)13-18-17/h6-9,14H,4-5,10-13H2,1-3H3. The first-order valence-corrected chi connectivity index (χ1v) is 7.44. The molecular formula is C17H26O. The normalized spacial score (nSPS) is 23.9. The van der Waals surface area contributed by atoms with Gasteiger partial charge in [-0.1, -0.05) is 57.9 Å². The van der Waals surface area contributed by atoms with Gasteiger partial charge in [-0.15, -0.1) is 0 Å². The molecule has 1 aliphatic heterocycles. The molecule has 2 atom stereocenters. The highest BCUT2D eigenvalue weighted by Crippen LogP contribution is 2.44. The van der Waals surface area contributed by atoms with Crippen LogP contribution in [0.1, 0.15) is 64.0 Å². The predicted molar refractivity (Wildman–Crippen MR) is 76.5 cm³/mol. The Morgan fingerprint density at radius 1 is 1.22 bits per heavy atom. The average molecular weight is 246 g/mol. The second-order valence-corrected chi connectivity index (χ2v) is 5.74. The van der Waals surface area contributed by atoms with Gasteiger partial charge in [0.2, 0.25) is 0 Å². The van der Waals surface area contributed by atoms with E-state index in [0.29, 0.717) is 0 Å². The van der Waals surface area contributed by atoms with E-state index in [9.17, 15) is 0 Å². The zero-order valence-corrected chi connectivity index (χ0v) is 12.0. The summed E-state index contributed by atoms with van der Waals surface area (Å²) in [6.45, 7) is 7.69. The first-order chi connectivity index (χ1) is 8.72. The minimum absolute atomic E-state index is 0.00870. The lowest BCUT2D eigenvalue weighted by atomic mass is 9.82. The Balaban J connectivity index is 2.18. The van der Waals surface area contributed by atoms with Crippen LogP contribution in [0.4, 0.5) is 0 Å². The average Bonchev–Trinajstić information content (AvgIpc) is 2.76. The van der Waals surface area contributed by atoms with Crippen LogP contribution in [0, 0.1) is 5.92 Å². The van der Waals surface area contributed by atoms with Crippen LogP contribution < -0.4 is 0 Å². The summed E-state index contributed by atoms with van der Waals surface area (Å²) >= 11 is 0. The molecule has 1 aromatic rings. The fourth-order valence-electron chi connectivity index (χ4n) is 3.01. The highest BCUT2D eigenvalue weighted by molar-refractivity contribution is 5.35. The fraction of sp³-hybridized carbons (Fsp3) is 0.647. The lowest BCUT2D eigenvalue weighted by Crippen LogP contribution is -2.26. The number of rotatable bonds is 6. The van der Waals surface area contributed by atoms with Gasteiger partial charge >= 0.3 is 0 Å². The molecule has 0 spiro atoms. The molecular weight excluding hydrogens is 220 g/mol. The first kappa shape index (κ1) is 13.6. The van der Waals surface area contributed by atoms with Crippen molar-refractivity contribution in [2.75, 3.05) is 0 Å². The first-order valence-electron chi connectivity index (χ1n) is 7.44. The summed E-state index contributed by atoms with van der Waals surface area (Å²) in [5.41, 5.74) is 2.86. The third-order valence-electron chi connectivity index (χ3n) is 4.40. The molecule has 1 nitrogen and oxygen atoms in total. The molecule has 2 rings (SSSR count). The maximum absolute atomic E-state index is 6.25. The zero-order chi connectivity index (χ0) is 13.0. The van der Waals surface area contributed by atoms with Gasteiger partial charge in [-0.3, -0.25) is 0 Å². The molecule has 1 aliphatic rings. The summed E-state index contributed by atoms with van der Waals surface area (Å²) < 4.78 is 6.25. The number of hydrogen-bond acceptors (Lipinski definition) is 1. The van der Waals surface area contributed by atoms with Crippen molar-refractivity contribution in [3.8, 4) is 0 Å². The third-order valence-corrected chi connectivity index (χ3v) is 4.40. The molecule has 0 saturated carbocycles. The molecule has 0 fully saturated rings. The van der Waals surface area contributed by atoms with Crippen LogP contribution in [-0.4, -0.2) is 0 Å². The zero-order valence-electron chi connectivity index (χ0n) is 12.0. The van der Waals surface area contributed by atoms with Gasteiger partial charge in [0.1, 0.15) is 0 Å². The quantitative estimate of drug-likeness (QED) is 0.683. The van der Waals surface area contributed by atoms with Gasteiger partial charge in [0.05, 0.1) is 12.2 Å². The molecule has 100 valence electrons. The molecule has 0 saturated heterocycles. The second kappa shape index (κ2) is 5.88. The van der Waals surface area contributed by atoms with E-state index in [0.717, 1.165) is 18.9 Å². The molecule has 1 heteroatoms. The summed E-state index contributed by atoms with van der Waals surface area (Å²) in [7, 11) is 0. The van der Waals surface area contributed by atoms with Gasteiger partial charge in [-0.2, -0.15) is 0 Å². The largest absolute Gasteiger partial charge is 0.366 e. The molecule has 0 aromatic heterocycles. The van der Waals surface area contributed by atoms with Crippen molar-refractivity contribution in [2.24, 2.45) is 5.92 Å². The maximum atomic E-state index is 6.25. The second-order valence-electron chi connectivity index (χ2n) is 5.74. The smallest absolute Gasteiger partial charge is 0.0939 e. The van der Waals surface area contributed by atoms with Crippen molar-refractivity contribution in [3.63, 3.8) is 0 Å². The van der Waals surface area contributed by atoms with Crippen molar-refractivity contribution in [1.82, 2.24) is 0 Å². The lowest BCUT2D eigenvalue weighted by molar-refractivity contribution is -0.0548. The number of fused-ring (bicyclic) bond motifs is 1. The summed E-state index contributed by atoms with van der Waals surface area (Å²) in [6, 6.07) is 8.77. The summed E-state index contributed by atoms with van der Waals surface area (Å²) in [5, 5.41) is 0. The molecule has 0 amide bonds. The van der Waals surface area contributed by atoms with Crippen molar-refractivity contribution in [3.05, 3.63) is 35.4 Å².